The van der Waals surface area contributed by atoms with Crippen molar-refractivity contribution in [2.75, 3.05) is 44.2 Å². The first-order valence-electron chi connectivity index (χ1n) is 12.6. The highest BCUT2D eigenvalue weighted by atomic mass is 16.6. The third-order valence-electron chi connectivity index (χ3n) is 6.63. The Bertz CT molecular complexity index is 934. The standard InChI is InChI=1S/C26H38N6O2/c1-26(2,3)24-29-21(20-9-8-10-20)19-22(30-24)32-17-15-31(16-18-32)14-7-6-13-28-25(33)34-23-11-4-5-12-27-23/h4-5,11-12,19-20H,6-10,13-18H2,1-3H3,(H,28,33). The summed E-state index contributed by atoms with van der Waals surface area (Å²) in [5.41, 5.74) is 1.19. The second-order valence-electron chi connectivity index (χ2n) is 10.4. The first-order chi connectivity index (χ1) is 16.4. The van der Waals surface area contributed by atoms with Crippen molar-refractivity contribution in [3.8, 4) is 5.88 Å². The van der Waals surface area contributed by atoms with E-state index in [1.54, 1.807) is 24.4 Å². The molecule has 0 unspecified atom stereocenters. The maximum atomic E-state index is 11.8. The van der Waals surface area contributed by atoms with Crippen molar-refractivity contribution < 1.29 is 9.53 Å². The van der Waals surface area contributed by atoms with Gasteiger partial charge in [0.25, 0.3) is 0 Å². The van der Waals surface area contributed by atoms with Gasteiger partial charge in [-0.3, -0.25) is 4.90 Å². The maximum Gasteiger partial charge on any atom is 0.413 e. The van der Waals surface area contributed by atoms with Gasteiger partial charge in [-0.25, -0.2) is 19.7 Å². The summed E-state index contributed by atoms with van der Waals surface area (Å²) in [4.78, 5) is 30.6. The molecule has 0 spiro atoms. The van der Waals surface area contributed by atoms with Crippen LogP contribution in [0, 0.1) is 0 Å². The number of nitrogens with zero attached hydrogens (tertiary/aromatic N) is 5. The third-order valence-corrected chi connectivity index (χ3v) is 6.63. The second-order valence-corrected chi connectivity index (χ2v) is 10.4. The lowest BCUT2D eigenvalue weighted by atomic mass is 9.82. The van der Waals surface area contributed by atoms with Gasteiger partial charge in [0.1, 0.15) is 11.6 Å². The topological polar surface area (TPSA) is 83.5 Å². The van der Waals surface area contributed by atoms with Gasteiger partial charge in [-0.1, -0.05) is 33.3 Å². The van der Waals surface area contributed by atoms with Crippen molar-refractivity contribution in [2.45, 2.75) is 64.2 Å². The molecule has 1 aliphatic heterocycles. The molecule has 8 nitrogen and oxygen atoms in total. The SMILES string of the molecule is CC(C)(C)c1nc(C2CCC2)cc(N2CCN(CCCCNC(=O)Oc3ccccn3)CC2)n1. The number of nitrogens with one attached hydrogen (secondary N) is 1. The molecule has 4 rings (SSSR count). The Morgan fingerprint density at radius 2 is 1.91 bits per heavy atom. The number of amides is 1. The molecular weight excluding hydrogens is 428 g/mol. The molecule has 0 aromatic carbocycles. The number of rotatable bonds is 8. The maximum absolute atomic E-state index is 11.8. The van der Waals surface area contributed by atoms with E-state index in [0.29, 0.717) is 18.3 Å². The van der Waals surface area contributed by atoms with Gasteiger partial charge in [-0.05, 0) is 38.3 Å². The second kappa shape index (κ2) is 11.1. The molecule has 0 bridgehead atoms. The molecule has 2 fully saturated rings. The van der Waals surface area contributed by atoms with Gasteiger partial charge in [0.2, 0.25) is 5.88 Å². The van der Waals surface area contributed by atoms with Gasteiger partial charge in [0.05, 0.1) is 0 Å². The Hall–Kier alpha value is -2.74. The summed E-state index contributed by atoms with van der Waals surface area (Å²) >= 11 is 0. The van der Waals surface area contributed by atoms with Gasteiger partial charge in [-0.2, -0.15) is 0 Å². The number of anilines is 1. The van der Waals surface area contributed by atoms with E-state index in [9.17, 15) is 4.79 Å². The Morgan fingerprint density at radius 1 is 1.12 bits per heavy atom. The van der Waals surface area contributed by atoms with Crippen molar-refractivity contribution in [1.82, 2.24) is 25.2 Å². The van der Waals surface area contributed by atoms with Crippen LogP contribution in [0.1, 0.15) is 70.3 Å². The molecule has 2 aromatic heterocycles. The van der Waals surface area contributed by atoms with E-state index in [1.165, 1.54) is 25.0 Å². The minimum atomic E-state index is -0.451. The zero-order valence-corrected chi connectivity index (χ0v) is 20.8. The van der Waals surface area contributed by atoms with Crippen LogP contribution in [0.15, 0.2) is 30.5 Å². The number of hydrogen-bond acceptors (Lipinski definition) is 7. The molecule has 1 amide bonds. The average Bonchev–Trinajstić information content (AvgIpc) is 2.78. The van der Waals surface area contributed by atoms with E-state index in [4.69, 9.17) is 14.7 Å². The smallest absolute Gasteiger partial charge is 0.391 e. The highest BCUT2D eigenvalue weighted by Crippen LogP contribution is 2.37. The summed E-state index contributed by atoms with van der Waals surface area (Å²) in [6.07, 6.45) is 6.93. The summed E-state index contributed by atoms with van der Waals surface area (Å²) in [7, 11) is 0. The molecule has 1 saturated heterocycles. The number of ether oxygens (including phenoxy) is 1. The first-order valence-corrected chi connectivity index (χ1v) is 12.6. The molecular formula is C26H38N6O2. The fourth-order valence-electron chi connectivity index (χ4n) is 4.25. The van der Waals surface area contributed by atoms with Gasteiger partial charge < -0.3 is 15.0 Å². The Morgan fingerprint density at radius 3 is 2.56 bits per heavy atom. The summed E-state index contributed by atoms with van der Waals surface area (Å²) < 4.78 is 5.14. The van der Waals surface area contributed by atoms with Crippen LogP contribution < -0.4 is 15.0 Å². The lowest BCUT2D eigenvalue weighted by Crippen LogP contribution is -2.47. The minimum Gasteiger partial charge on any atom is -0.391 e. The van der Waals surface area contributed by atoms with Crippen LogP contribution in [0.4, 0.5) is 10.6 Å². The fourth-order valence-corrected chi connectivity index (χ4v) is 4.25. The number of hydrogen-bond donors (Lipinski definition) is 1. The highest BCUT2D eigenvalue weighted by molar-refractivity contribution is 5.69. The number of carbonyl (C=O) groups is 1. The van der Waals surface area contributed by atoms with Crippen molar-refractivity contribution in [3.63, 3.8) is 0 Å². The predicted molar refractivity (Wildman–Crippen MR) is 133 cm³/mol. The Balaban J connectivity index is 1.19. The van der Waals surface area contributed by atoms with Gasteiger partial charge in [0, 0.05) is 68.1 Å². The number of unbranched alkanes of at least 4 members (excludes halogenated alkanes) is 1. The minimum absolute atomic E-state index is 0.0472. The Kier molecular flexibility index (Phi) is 7.98. The molecule has 2 aliphatic rings. The number of pyridine rings is 1. The molecule has 8 heteroatoms. The summed E-state index contributed by atoms with van der Waals surface area (Å²) in [5, 5.41) is 2.80. The van der Waals surface area contributed by atoms with Crippen molar-refractivity contribution in [1.29, 1.82) is 0 Å². The lowest BCUT2D eigenvalue weighted by Gasteiger charge is -2.36. The predicted octanol–water partition coefficient (Wildman–Crippen LogP) is 4.13. The van der Waals surface area contributed by atoms with Crippen LogP contribution in [-0.2, 0) is 5.41 Å². The number of aromatic nitrogens is 3. The van der Waals surface area contributed by atoms with Crippen LogP contribution in [0.25, 0.3) is 0 Å². The van der Waals surface area contributed by atoms with E-state index in [1.807, 2.05) is 0 Å². The molecule has 0 radical (unpaired) electrons. The van der Waals surface area contributed by atoms with Gasteiger partial charge >= 0.3 is 6.09 Å². The molecule has 184 valence electrons. The third kappa shape index (κ3) is 6.65. The molecule has 1 N–H and O–H groups in total. The van der Waals surface area contributed by atoms with Crippen LogP contribution >= 0.6 is 0 Å². The molecule has 3 heterocycles. The lowest BCUT2D eigenvalue weighted by molar-refractivity contribution is 0.198. The van der Waals surface area contributed by atoms with E-state index < -0.39 is 6.09 Å². The van der Waals surface area contributed by atoms with Gasteiger partial charge in [0.15, 0.2) is 0 Å². The number of piperazine rings is 1. The average molecular weight is 467 g/mol. The summed E-state index contributed by atoms with van der Waals surface area (Å²) in [5.74, 6) is 2.98. The molecule has 2 aromatic rings. The quantitative estimate of drug-likeness (QED) is 0.586. The molecule has 1 saturated carbocycles. The van der Waals surface area contributed by atoms with Gasteiger partial charge in [-0.15, -0.1) is 0 Å². The van der Waals surface area contributed by atoms with E-state index >= 15 is 0 Å². The molecule has 34 heavy (non-hydrogen) atoms. The van der Waals surface area contributed by atoms with Crippen molar-refractivity contribution in [3.05, 3.63) is 42.0 Å². The van der Waals surface area contributed by atoms with Crippen LogP contribution in [0.2, 0.25) is 0 Å². The van der Waals surface area contributed by atoms with E-state index in [2.05, 4.69) is 46.9 Å². The monoisotopic (exact) mass is 466 g/mol. The van der Waals surface area contributed by atoms with E-state index in [0.717, 1.165) is 57.2 Å². The van der Waals surface area contributed by atoms with Crippen LogP contribution in [0.3, 0.4) is 0 Å². The summed E-state index contributed by atoms with van der Waals surface area (Å²) in [6.45, 7) is 12.3. The first kappa shape index (κ1) is 24.4. The van der Waals surface area contributed by atoms with Crippen molar-refractivity contribution in [2.24, 2.45) is 0 Å². The largest absolute Gasteiger partial charge is 0.413 e. The van der Waals surface area contributed by atoms with Crippen LogP contribution in [0.5, 0.6) is 5.88 Å². The van der Waals surface area contributed by atoms with Crippen LogP contribution in [-0.4, -0.2) is 65.2 Å². The van der Waals surface area contributed by atoms with Crippen molar-refractivity contribution >= 4 is 11.9 Å². The molecule has 0 atom stereocenters. The molecule has 1 aliphatic carbocycles. The number of carbonyl (C=O) groups excluding carboxylic acids is 1. The normalized spacial score (nSPS) is 17.3. The zero-order valence-electron chi connectivity index (χ0n) is 20.8. The Labute approximate surface area is 203 Å². The summed E-state index contributed by atoms with van der Waals surface area (Å²) in [6, 6.07) is 7.48. The highest BCUT2D eigenvalue weighted by Gasteiger charge is 2.27. The fraction of sp³-hybridized carbons (Fsp3) is 0.615. The zero-order chi connectivity index (χ0) is 24.0. The van der Waals surface area contributed by atoms with E-state index in [-0.39, 0.29) is 5.41 Å².